The molecule has 0 spiro atoms. The van der Waals surface area contributed by atoms with Crippen LogP contribution in [0.3, 0.4) is 0 Å². The standard InChI is InChI=1S/C17H24N2O3S/c1-12(20)13-4-7-17(23(3,21)22)16(10-13)19-9-8-14-5-6-15(11-19)18(14)2/h4,7,10,14-15H,5-6,8-9,11H2,1-3H3/t14-,15+/m1/s1. The van der Waals surface area contributed by atoms with Crippen LogP contribution in [0.4, 0.5) is 5.69 Å². The number of fused-ring (bicyclic) bond motifs is 2. The smallest absolute Gasteiger partial charge is 0.177 e. The molecule has 0 unspecified atom stereocenters. The fourth-order valence-corrected chi connectivity index (χ4v) is 4.71. The largest absolute Gasteiger partial charge is 0.369 e. The highest BCUT2D eigenvalue weighted by Crippen LogP contribution is 2.34. The number of nitrogens with zero attached hydrogens (tertiary/aromatic N) is 2. The number of carbonyl (C=O) groups excluding carboxylic acids is 1. The maximum atomic E-state index is 12.2. The number of likely N-dealkylation sites (N-methyl/N-ethyl adjacent to an activating group) is 1. The molecule has 0 aliphatic carbocycles. The molecule has 3 rings (SSSR count). The first-order valence-corrected chi connectivity index (χ1v) is 9.98. The van der Waals surface area contributed by atoms with Crippen LogP contribution in [0.25, 0.3) is 0 Å². The molecule has 2 saturated heterocycles. The van der Waals surface area contributed by atoms with Gasteiger partial charge >= 0.3 is 0 Å². The van der Waals surface area contributed by atoms with E-state index in [2.05, 4.69) is 16.8 Å². The average molecular weight is 336 g/mol. The highest BCUT2D eigenvalue weighted by Gasteiger charge is 2.35. The predicted molar refractivity (Wildman–Crippen MR) is 91.0 cm³/mol. The van der Waals surface area contributed by atoms with Crippen LogP contribution in [-0.4, -0.2) is 57.6 Å². The number of anilines is 1. The minimum atomic E-state index is -3.33. The molecule has 2 fully saturated rings. The van der Waals surface area contributed by atoms with Crippen molar-refractivity contribution in [3.8, 4) is 0 Å². The van der Waals surface area contributed by atoms with E-state index in [0.29, 0.717) is 28.2 Å². The minimum absolute atomic E-state index is 0.0419. The molecule has 126 valence electrons. The summed E-state index contributed by atoms with van der Waals surface area (Å²) in [6, 6.07) is 5.98. The summed E-state index contributed by atoms with van der Waals surface area (Å²) in [4.78, 5) is 16.6. The Hall–Kier alpha value is -1.40. The van der Waals surface area contributed by atoms with Crippen LogP contribution in [0.15, 0.2) is 23.1 Å². The van der Waals surface area contributed by atoms with Crippen molar-refractivity contribution in [1.82, 2.24) is 4.90 Å². The van der Waals surface area contributed by atoms with Gasteiger partial charge in [-0.05, 0) is 51.4 Å². The van der Waals surface area contributed by atoms with Gasteiger partial charge in [0.25, 0.3) is 0 Å². The lowest BCUT2D eigenvalue weighted by Crippen LogP contribution is -2.37. The Kier molecular flexibility index (Phi) is 4.23. The predicted octanol–water partition coefficient (Wildman–Crippen LogP) is 1.97. The molecule has 2 bridgehead atoms. The molecule has 0 amide bonds. The normalized spacial score (nSPS) is 25.4. The summed E-state index contributed by atoms with van der Waals surface area (Å²) >= 11 is 0. The molecule has 2 heterocycles. The first-order chi connectivity index (χ1) is 10.8. The molecule has 2 atom stereocenters. The molecule has 2 aliphatic heterocycles. The minimum Gasteiger partial charge on any atom is -0.369 e. The fourth-order valence-electron chi connectivity index (χ4n) is 3.82. The van der Waals surface area contributed by atoms with Crippen molar-refractivity contribution in [2.45, 2.75) is 43.2 Å². The lowest BCUT2D eigenvalue weighted by molar-refractivity contribution is 0.101. The van der Waals surface area contributed by atoms with E-state index in [4.69, 9.17) is 0 Å². The van der Waals surface area contributed by atoms with Crippen LogP contribution in [0.2, 0.25) is 0 Å². The van der Waals surface area contributed by atoms with Gasteiger partial charge < -0.3 is 4.90 Å². The maximum Gasteiger partial charge on any atom is 0.177 e. The number of sulfone groups is 1. The van der Waals surface area contributed by atoms with Crippen molar-refractivity contribution in [2.75, 3.05) is 31.3 Å². The quantitative estimate of drug-likeness (QED) is 0.790. The molecule has 0 radical (unpaired) electrons. The van der Waals surface area contributed by atoms with Crippen molar-refractivity contribution in [2.24, 2.45) is 0 Å². The van der Waals surface area contributed by atoms with E-state index < -0.39 is 9.84 Å². The summed E-state index contributed by atoms with van der Waals surface area (Å²) in [5.41, 5.74) is 1.25. The third kappa shape index (κ3) is 3.15. The van der Waals surface area contributed by atoms with Gasteiger partial charge in [-0.2, -0.15) is 0 Å². The van der Waals surface area contributed by atoms with Crippen LogP contribution in [0, 0.1) is 0 Å². The highest BCUT2D eigenvalue weighted by molar-refractivity contribution is 7.90. The van der Waals surface area contributed by atoms with Crippen LogP contribution in [-0.2, 0) is 9.84 Å². The second-order valence-electron chi connectivity index (χ2n) is 6.80. The Morgan fingerprint density at radius 1 is 1.17 bits per heavy atom. The zero-order chi connectivity index (χ0) is 16.8. The van der Waals surface area contributed by atoms with Gasteiger partial charge in [0.1, 0.15) is 0 Å². The third-order valence-electron chi connectivity index (χ3n) is 5.25. The monoisotopic (exact) mass is 336 g/mol. The zero-order valence-corrected chi connectivity index (χ0v) is 14.8. The Bertz CT molecular complexity index is 729. The molecule has 0 N–H and O–H groups in total. The van der Waals surface area contributed by atoms with E-state index in [0.717, 1.165) is 25.9 Å². The second kappa shape index (κ2) is 5.91. The van der Waals surface area contributed by atoms with Crippen molar-refractivity contribution < 1.29 is 13.2 Å². The summed E-state index contributed by atoms with van der Waals surface area (Å²) in [5, 5.41) is 0. The van der Waals surface area contributed by atoms with Crippen LogP contribution < -0.4 is 4.90 Å². The highest BCUT2D eigenvalue weighted by atomic mass is 32.2. The van der Waals surface area contributed by atoms with Crippen molar-refractivity contribution >= 4 is 21.3 Å². The molecule has 1 aromatic carbocycles. The van der Waals surface area contributed by atoms with Crippen molar-refractivity contribution in [3.05, 3.63) is 23.8 Å². The van der Waals surface area contributed by atoms with Crippen molar-refractivity contribution in [1.29, 1.82) is 0 Å². The molecule has 6 heteroatoms. The fraction of sp³-hybridized carbons (Fsp3) is 0.588. The Balaban J connectivity index is 2.03. The number of benzene rings is 1. The van der Waals surface area contributed by atoms with E-state index in [1.807, 2.05) is 0 Å². The summed E-state index contributed by atoms with van der Waals surface area (Å²) in [6.45, 7) is 3.16. The number of hydrogen-bond donors (Lipinski definition) is 0. The lowest BCUT2D eigenvalue weighted by atomic mass is 10.1. The van der Waals surface area contributed by atoms with E-state index in [1.165, 1.54) is 19.6 Å². The van der Waals surface area contributed by atoms with Gasteiger partial charge in [-0.1, -0.05) is 0 Å². The Morgan fingerprint density at radius 3 is 2.52 bits per heavy atom. The average Bonchev–Trinajstić information content (AvgIpc) is 2.70. The maximum absolute atomic E-state index is 12.2. The Morgan fingerprint density at radius 2 is 1.87 bits per heavy atom. The summed E-state index contributed by atoms with van der Waals surface area (Å²) < 4.78 is 24.3. The first kappa shape index (κ1) is 16.5. The SMILES string of the molecule is CC(=O)c1ccc(S(C)(=O)=O)c(N2CC[C@H]3CC[C@@H](C2)N3C)c1. The molecular weight excluding hydrogens is 312 g/mol. The number of hydrogen-bond acceptors (Lipinski definition) is 5. The topological polar surface area (TPSA) is 57.7 Å². The van der Waals surface area contributed by atoms with Crippen molar-refractivity contribution in [3.63, 3.8) is 0 Å². The molecule has 0 saturated carbocycles. The number of rotatable bonds is 3. The van der Waals surface area contributed by atoms with Gasteiger partial charge in [0.2, 0.25) is 0 Å². The molecule has 23 heavy (non-hydrogen) atoms. The number of Topliss-reactive ketones (excluding diaryl/α,β-unsaturated/α-hetero) is 1. The first-order valence-electron chi connectivity index (χ1n) is 8.09. The summed E-state index contributed by atoms with van der Waals surface area (Å²) in [5.74, 6) is -0.0419. The summed E-state index contributed by atoms with van der Waals surface area (Å²) in [7, 11) is -1.17. The van der Waals surface area contributed by atoms with E-state index in [-0.39, 0.29) is 5.78 Å². The summed E-state index contributed by atoms with van der Waals surface area (Å²) in [6.07, 6.45) is 4.63. The van der Waals surface area contributed by atoms with Crippen LogP contribution in [0.1, 0.15) is 36.5 Å². The van der Waals surface area contributed by atoms with Crippen LogP contribution >= 0.6 is 0 Å². The van der Waals surface area contributed by atoms with Gasteiger partial charge in [-0.3, -0.25) is 9.69 Å². The van der Waals surface area contributed by atoms with Gasteiger partial charge in [0.15, 0.2) is 15.6 Å². The molecule has 0 aromatic heterocycles. The second-order valence-corrected chi connectivity index (χ2v) is 8.78. The van der Waals surface area contributed by atoms with Crippen LogP contribution in [0.5, 0.6) is 0 Å². The van der Waals surface area contributed by atoms with Gasteiger partial charge in [0, 0.05) is 37.0 Å². The van der Waals surface area contributed by atoms with E-state index in [9.17, 15) is 13.2 Å². The van der Waals surface area contributed by atoms with Gasteiger partial charge in [-0.15, -0.1) is 0 Å². The number of ketones is 1. The zero-order valence-electron chi connectivity index (χ0n) is 13.9. The van der Waals surface area contributed by atoms with Gasteiger partial charge in [-0.25, -0.2) is 8.42 Å². The van der Waals surface area contributed by atoms with E-state index in [1.54, 1.807) is 18.2 Å². The Labute approximate surface area is 138 Å². The molecular formula is C17H24N2O3S. The lowest BCUT2D eigenvalue weighted by Gasteiger charge is -2.29. The molecule has 5 nitrogen and oxygen atoms in total. The molecule has 2 aliphatic rings. The third-order valence-corrected chi connectivity index (χ3v) is 6.40. The molecule has 1 aromatic rings. The van der Waals surface area contributed by atoms with Gasteiger partial charge in [0.05, 0.1) is 10.6 Å². The van der Waals surface area contributed by atoms with E-state index >= 15 is 0 Å². The number of carbonyl (C=O) groups is 1.